The summed E-state index contributed by atoms with van der Waals surface area (Å²) in [6.07, 6.45) is 0.153. The molecule has 1 nitrogen and oxygen atoms in total. The van der Waals surface area contributed by atoms with Gasteiger partial charge in [-0.05, 0) is 30.4 Å². The molecule has 78 valence electrons. The fourth-order valence-corrected chi connectivity index (χ4v) is 1.82. The topological polar surface area (TPSA) is 20.2 Å². The monoisotopic (exact) mass is 204 g/mol. The molecule has 0 unspecified atom stereocenters. The fraction of sp³-hybridized carbons (Fsp3) is 0.231. The van der Waals surface area contributed by atoms with Crippen LogP contribution in [-0.4, -0.2) is 11.2 Å². The highest BCUT2D eigenvalue weighted by Gasteiger charge is 2.06. The Morgan fingerprint density at radius 3 is 2.47 bits per heavy atom. The van der Waals surface area contributed by atoms with Gasteiger partial charge in [-0.3, -0.25) is 0 Å². The number of halogens is 1. The summed E-state index contributed by atoms with van der Waals surface area (Å²) < 4.78 is 13.4. The van der Waals surface area contributed by atoms with E-state index in [4.69, 9.17) is 0 Å². The molecule has 15 heavy (non-hydrogen) atoms. The van der Waals surface area contributed by atoms with Gasteiger partial charge in [-0.25, -0.2) is 4.39 Å². The maximum Gasteiger partial charge on any atom is 0.131 e. The van der Waals surface area contributed by atoms with Crippen molar-refractivity contribution in [3.8, 4) is 0 Å². The van der Waals surface area contributed by atoms with Crippen LogP contribution in [0.15, 0.2) is 36.4 Å². The molecule has 2 aromatic rings. The summed E-state index contributed by atoms with van der Waals surface area (Å²) >= 11 is 0. The van der Waals surface area contributed by atoms with Gasteiger partial charge in [-0.15, -0.1) is 0 Å². The van der Waals surface area contributed by atoms with Crippen molar-refractivity contribution in [3.05, 3.63) is 47.8 Å². The van der Waals surface area contributed by atoms with E-state index < -0.39 is 6.10 Å². The molecule has 0 radical (unpaired) electrons. The fourth-order valence-electron chi connectivity index (χ4n) is 1.82. The number of aliphatic hydroxyl groups excluding tert-OH is 1. The minimum Gasteiger partial charge on any atom is -0.393 e. The number of hydrogen-bond donors (Lipinski definition) is 1. The molecule has 0 heterocycles. The van der Waals surface area contributed by atoms with Crippen LogP contribution in [0.4, 0.5) is 4.39 Å². The van der Waals surface area contributed by atoms with E-state index in [2.05, 4.69) is 0 Å². The molecule has 1 N–H and O–H groups in total. The molecule has 0 spiro atoms. The molecule has 2 rings (SSSR count). The van der Waals surface area contributed by atoms with Gasteiger partial charge in [0.15, 0.2) is 0 Å². The van der Waals surface area contributed by atoms with E-state index in [1.54, 1.807) is 19.1 Å². The molecule has 0 saturated carbocycles. The summed E-state index contributed by atoms with van der Waals surface area (Å²) in [5.74, 6) is -0.208. The van der Waals surface area contributed by atoms with Crippen LogP contribution in [0.25, 0.3) is 10.8 Å². The van der Waals surface area contributed by atoms with E-state index in [-0.39, 0.29) is 5.82 Å². The van der Waals surface area contributed by atoms with Crippen LogP contribution < -0.4 is 0 Å². The van der Waals surface area contributed by atoms with Gasteiger partial charge in [0, 0.05) is 5.39 Å². The molecular formula is C13H13FO. The lowest BCUT2D eigenvalue weighted by atomic mass is 10.00. The standard InChI is InChI=1S/C13H13FO/c1-9(15)8-10-6-7-13(14)12-5-3-2-4-11(10)12/h2-7,9,15H,8H2,1H3/t9-/m0/s1. The summed E-state index contributed by atoms with van der Waals surface area (Å²) in [5, 5.41) is 10.8. The van der Waals surface area contributed by atoms with E-state index in [9.17, 15) is 9.50 Å². The van der Waals surface area contributed by atoms with E-state index in [1.807, 2.05) is 18.2 Å². The summed E-state index contributed by atoms with van der Waals surface area (Å²) in [6, 6.07) is 10.5. The largest absolute Gasteiger partial charge is 0.393 e. The van der Waals surface area contributed by atoms with E-state index in [1.165, 1.54) is 6.07 Å². The van der Waals surface area contributed by atoms with Crippen LogP contribution in [0.5, 0.6) is 0 Å². The average molecular weight is 204 g/mol. The highest BCUT2D eigenvalue weighted by Crippen LogP contribution is 2.22. The minimum absolute atomic E-state index is 0.208. The van der Waals surface area contributed by atoms with Crippen molar-refractivity contribution in [3.63, 3.8) is 0 Å². The van der Waals surface area contributed by atoms with Gasteiger partial charge >= 0.3 is 0 Å². The van der Waals surface area contributed by atoms with Crippen LogP contribution in [-0.2, 0) is 6.42 Å². The minimum atomic E-state index is -0.404. The van der Waals surface area contributed by atoms with Crippen molar-refractivity contribution in [1.29, 1.82) is 0 Å². The maximum absolute atomic E-state index is 13.4. The van der Waals surface area contributed by atoms with Crippen LogP contribution in [0, 0.1) is 5.82 Å². The molecule has 0 aromatic heterocycles. The Labute approximate surface area is 88.2 Å². The van der Waals surface area contributed by atoms with Gasteiger partial charge < -0.3 is 5.11 Å². The zero-order chi connectivity index (χ0) is 10.8. The SMILES string of the molecule is C[C@H](O)Cc1ccc(F)c2ccccc12. The van der Waals surface area contributed by atoms with Gasteiger partial charge in [0.1, 0.15) is 5.82 Å². The van der Waals surface area contributed by atoms with Gasteiger partial charge in [0.2, 0.25) is 0 Å². The number of fused-ring (bicyclic) bond motifs is 1. The van der Waals surface area contributed by atoms with E-state index in [0.717, 1.165) is 10.9 Å². The lowest BCUT2D eigenvalue weighted by Crippen LogP contribution is -2.04. The number of aliphatic hydroxyl groups is 1. The first-order valence-corrected chi connectivity index (χ1v) is 5.02. The van der Waals surface area contributed by atoms with Crippen molar-refractivity contribution < 1.29 is 9.50 Å². The van der Waals surface area contributed by atoms with Crippen LogP contribution in [0.2, 0.25) is 0 Å². The van der Waals surface area contributed by atoms with E-state index >= 15 is 0 Å². The molecule has 0 saturated heterocycles. The second-order valence-electron chi connectivity index (χ2n) is 3.81. The van der Waals surface area contributed by atoms with Crippen LogP contribution in [0.1, 0.15) is 12.5 Å². The van der Waals surface area contributed by atoms with Gasteiger partial charge in [0.25, 0.3) is 0 Å². The molecule has 0 amide bonds. The van der Waals surface area contributed by atoms with E-state index in [0.29, 0.717) is 11.8 Å². The Hall–Kier alpha value is -1.41. The molecule has 2 heteroatoms. The van der Waals surface area contributed by atoms with Crippen LogP contribution in [0.3, 0.4) is 0 Å². The highest BCUT2D eigenvalue weighted by atomic mass is 19.1. The van der Waals surface area contributed by atoms with Crippen molar-refractivity contribution in [1.82, 2.24) is 0 Å². The smallest absolute Gasteiger partial charge is 0.131 e. The lowest BCUT2D eigenvalue weighted by Gasteiger charge is -2.08. The Morgan fingerprint density at radius 1 is 1.13 bits per heavy atom. The summed E-state index contributed by atoms with van der Waals surface area (Å²) in [4.78, 5) is 0. The normalized spacial score (nSPS) is 13.0. The lowest BCUT2D eigenvalue weighted by molar-refractivity contribution is 0.196. The first-order chi connectivity index (χ1) is 7.18. The van der Waals surface area contributed by atoms with Crippen molar-refractivity contribution in [2.75, 3.05) is 0 Å². The van der Waals surface area contributed by atoms with Crippen LogP contribution >= 0.6 is 0 Å². The number of hydrogen-bond acceptors (Lipinski definition) is 1. The highest BCUT2D eigenvalue weighted by molar-refractivity contribution is 5.86. The first kappa shape index (κ1) is 10.1. The summed E-state index contributed by atoms with van der Waals surface area (Å²) in [5.41, 5.74) is 0.988. The average Bonchev–Trinajstić information content (AvgIpc) is 2.22. The molecule has 1 atom stereocenters. The van der Waals surface area contributed by atoms with Crippen molar-refractivity contribution >= 4 is 10.8 Å². The zero-order valence-electron chi connectivity index (χ0n) is 8.57. The Kier molecular flexibility index (Phi) is 2.69. The summed E-state index contributed by atoms with van der Waals surface area (Å²) in [6.45, 7) is 1.73. The Bertz CT molecular complexity index is 477. The number of benzene rings is 2. The van der Waals surface area contributed by atoms with Gasteiger partial charge in [-0.2, -0.15) is 0 Å². The second-order valence-corrected chi connectivity index (χ2v) is 3.81. The zero-order valence-corrected chi connectivity index (χ0v) is 8.57. The second kappa shape index (κ2) is 3.99. The molecular weight excluding hydrogens is 191 g/mol. The third-order valence-electron chi connectivity index (χ3n) is 2.48. The summed E-state index contributed by atoms with van der Waals surface area (Å²) in [7, 11) is 0. The maximum atomic E-state index is 13.4. The Morgan fingerprint density at radius 2 is 1.80 bits per heavy atom. The molecule has 0 aliphatic carbocycles. The quantitative estimate of drug-likeness (QED) is 0.797. The predicted molar refractivity (Wildman–Crippen MR) is 59.3 cm³/mol. The van der Waals surface area contributed by atoms with Gasteiger partial charge in [-0.1, -0.05) is 30.3 Å². The third-order valence-corrected chi connectivity index (χ3v) is 2.48. The Balaban J connectivity index is 2.61. The third kappa shape index (κ3) is 2.00. The molecule has 2 aromatic carbocycles. The molecule has 0 bridgehead atoms. The van der Waals surface area contributed by atoms with Crippen molar-refractivity contribution in [2.24, 2.45) is 0 Å². The first-order valence-electron chi connectivity index (χ1n) is 5.02. The molecule has 0 aliphatic heterocycles. The molecule has 0 fully saturated rings. The number of rotatable bonds is 2. The van der Waals surface area contributed by atoms with Gasteiger partial charge in [0.05, 0.1) is 6.10 Å². The molecule has 0 aliphatic rings. The predicted octanol–water partition coefficient (Wildman–Crippen LogP) is 2.90. The van der Waals surface area contributed by atoms with Crippen molar-refractivity contribution in [2.45, 2.75) is 19.4 Å².